The molecule has 1 unspecified atom stereocenters. The zero-order valence-corrected chi connectivity index (χ0v) is 11.8. The summed E-state index contributed by atoms with van der Waals surface area (Å²) >= 11 is 1.74. The Balaban J connectivity index is 2.01. The van der Waals surface area contributed by atoms with Gasteiger partial charge < -0.3 is 5.32 Å². The van der Waals surface area contributed by atoms with Gasteiger partial charge in [0, 0.05) is 24.0 Å². The van der Waals surface area contributed by atoms with E-state index in [0.29, 0.717) is 6.04 Å². The minimum atomic E-state index is 0.475. The first-order chi connectivity index (χ1) is 8.78. The van der Waals surface area contributed by atoms with Gasteiger partial charge in [-0.25, -0.2) is 4.98 Å². The molecule has 1 heterocycles. The molecule has 0 saturated carbocycles. The Morgan fingerprint density at radius 3 is 2.89 bits per heavy atom. The minimum absolute atomic E-state index is 0.475. The highest BCUT2D eigenvalue weighted by molar-refractivity contribution is 7.09. The molecule has 0 fully saturated rings. The van der Waals surface area contributed by atoms with Crippen molar-refractivity contribution in [3.8, 4) is 0 Å². The molecule has 1 atom stereocenters. The predicted octanol–water partition coefficient (Wildman–Crippen LogP) is 3.21. The van der Waals surface area contributed by atoms with E-state index >= 15 is 0 Å². The maximum absolute atomic E-state index is 4.38. The molecular weight excluding hydrogens is 240 g/mol. The molecular formula is C15H20N2S. The molecule has 0 amide bonds. The molecule has 0 saturated heterocycles. The summed E-state index contributed by atoms with van der Waals surface area (Å²) in [5.41, 5.74) is 2.73. The quantitative estimate of drug-likeness (QED) is 0.862. The number of rotatable bonds is 6. The average Bonchev–Trinajstić information content (AvgIpc) is 2.82. The van der Waals surface area contributed by atoms with Crippen molar-refractivity contribution in [2.75, 3.05) is 6.54 Å². The summed E-state index contributed by atoms with van der Waals surface area (Å²) in [6.07, 6.45) is 3.96. The molecule has 1 aromatic carbocycles. The van der Waals surface area contributed by atoms with Gasteiger partial charge in [-0.1, -0.05) is 36.8 Å². The number of aryl methyl sites for hydroxylation is 1. The predicted molar refractivity (Wildman–Crippen MR) is 78.2 cm³/mol. The fourth-order valence-electron chi connectivity index (χ4n) is 2.19. The van der Waals surface area contributed by atoms with E-state index in [1.807, 2.05) is 11.6 Å². The van der Waals surface area contributed by atoms with Gasteiger partial charge in [0.2, 0.25) is 0 Å². The van der Waals surface area contributed by atoms with Crippen molar-refractivity contribution in [2.45, 2.75) is 32.7 Å². The van der Waals surface area contributed by atoms with Crippen LogP contribution in [0, 0.1) is 6.92 Å². The Morgan fingerprint density at radius 2 is 2.22 bits per heavy atom. The fraction of sp³-hybridized carbons (Fsp3) is 0.400. The second kappa shape index (κ2) is 6.66. The summed E-state index contributed by atoms with van der Waals surface area (Å²) in [6.45, 7) is 5.31. The lowest BCUT2D eigenvalue weighted by Gasteiger charge is -2.17. The van der Waals surface area contributed by atoms with Crippen LogP contribution in [0.25, 0.3) is 0 Å². The van der Waals surface area contributed by atoms with Crippen molar-refractivity contribution in [1.82, 2.24) is 10.3 Å². The Hall–Kier alpha value is -1.19. The molecule has 2 nitrogen and oxygen atoms in total. The number of benzene rings is 1. The Kier molecular flexibility index (Phi) is 4.90. The topological polar surface area (TPSA) is 24.9 Å². The number of hydrogen-bond acceptors (Lipinski definition) is 3. The second-order valence-electron chi connectivity index (χ2n) is 4.58. The SMILES string of the molecule is CCNC(Cc1cccc(C)c1)Cc1nccs1. The standard InChI is InChI=1S/C15H20N2S/c1-3-16-14(11-15-17-7-8-18-15)10-13-6-4-5-12(2)9-13/h4-9,14,16H,3,10-11H2,1-2H3. The van der Waals surface area contributed by atoms with E-state index in [-0.39, 0.29) is 0 Å². The van der Waals surface area contributed by atoms with E-state index in [9.17, 15) is 0 Å². The molecule has 18 heavy (non-hydrogen) atoms. The van der Waals surface area contributed by atoms with E-state index in [2.05, 4.69) is 48.4 Å². The summed E-state index contributed by atoms with van der Waals surface area (Å²) in [5.74, 6) is 0. The molecule has 2 aromatic rings. The molecule has 0 radical (unpaired) electrons. The maximum atomic E-state index is 4.38. The third-order valence-corrected chi connectivity index (χ3v) is 3.76. The zero-order valence-electron chi connectivity index (χ0n) is 11.0. The third kappa shape index (κ3) is 3.93. The number of likely N-dealkylation sites (N-methyl/N-ethyl adjacent to an activating group) is 1. The van der Waals surface area contributed by atoms with Crippen molar-refractivity contribution in [2.24, 2.45) is 0 Å². The van der Waals surface area contributed by atoms with Crippen molar-refractivity contribution in [3.63, 3.8) is 0 Å². The Labute approximate surface area is 113 Å². The van der Waals surface area contributed by atoms with Crippen LogP contribution in [-0.4, -0.2) is 17.6 Å². The molecule has 2 rings (SSSR count). The second-order valence-corrected chi connectivity index (χ2v) is 5.56. The number of aromatic nitrogens is 1. The summed E-state index contributed by atoms with van der Waals surface area (Å²) < 4.78 is 0. The maximum Gasteiger partial charge on any atom is 0.0940 e. The van der Waals surface area contributed by atoms with E-state index in [0.717, 1.165) is 19.4 Å². The van der Waals surface area contributed by atoms with Gasteiger partial charge in [-0.15, -0.1) is 11.3 Å². The lowest BCUT2D eigenvalue weighted by Crippen LogP contribution is -2.33. The first-order valence-electron chi connectivity index (χ1n) is 6.45. The van der Waals surface area contributed by atoms with Crippen LogP contribution in [0.15, 0.2) is 35.8 Å². The molecule has 0 aliphatic heterocycles. The zero-order chi connectivity index (χ0) is 12.8. The molecule has 0 spiro atoms. The van der Waals surface area contributed by atoms with Crippen LogP contribution in [0.1, 0.15) is 23.1 Å². The van der Waals surface area contributed by atoms with Crippen LogP contribution in [0.5, 0.6) is 0 Å². The number of nitrogens with zero attached hydrogens (tertiary/aromatic N) is 1. The highest BCUT2D eigenvalue weighted by Crippen LogP contribution is 2.12. The molecule has 0 aliphatic carbocycles. The summed E-state index contributed by atoms with van der Waals surface area (Å²) in [5, 5.41) is 6.82. The van der Waals surface area contributed by atoms with Crippen LogP contribution in [0.2, 0.25) is 0 Å². The van der Waals surface area contributed by atoms with Crippen molar-refractivity contribution in [1.29, 1.82) is 0 Å². The fourth-order valence-corrected chi connectivity index (χ4v) is 2.89. The molecule has 0 aliphatic rings. The van der Waals surface area contributed by atoms with E-state index in [4.69, 9.17) is 0 Å². The largest absolute Gasteiger partial charge is 0.314 e. The highest BCUT2D eigenvalue weighted by Gasteiger charge is 2.11. The van der Waals surface area contributed by atoms with Gasteiger partial charge in [-0.3, -0.25) is 0 Å². The summed E-state index contributed by atoms with van der Waals surface area (Å²) in [4.78, 5) is 4.38. The number of thiazole rings is 1. The van der Waals surface area contributed by atoms with Crippen LogP contribution >= 0.6 is 11.3 Å². The smallest absolute Gasteiger partial charge is 0.0940 e. The Morgan fingerprint density at radius 1 is 1.33 bits per heavy atom. The van der Waals surface area contributed by atoms with Gasteiger partial charge in [0.25, 0.3) is 0 Å². The van der Waals surface area contributed by atoms with Gasteiger partial charge in [0.05, 0.1) is 5.01 Å². The Bertz CT molecular complexity index is 465. The number of nitrogens with one attached hydrogen (secondary N) is 1. The van der Waals surface area contributed by atoms with Gasteiger partial charge in [-0.05, 0) is 25.5 Å². The molecule has 3 heteroatoms. The lowest BCUT2D eigenvalue weighted by molar-refractivity contribution is 0.520. The van der Waals surface area contributed by atoms with Crippen LogP contribution in [-0.2, 0) is 12.8 Å². The van der Waals surface area contributed by atoms with E-state index < -0.39 is 0 Å². The van der Waals surface area contributed by atoms with Crippen LogP contribution in [0.3, 0.4) is 0 Å². The van der Waals surface area contributed by atoms with Gasteiger partial charge in [0.1, 0.15) is 0 Å². The third-order valence-electron chi connectivity index (χ3n) is 2.96. The van der Waals surface area contributed by atoms with Gasteiger partial charge in [0.15, 0.2) is 0 Å². The van der Waals surface area contributed by atoms with Gasteiger partial charge in [-0.2, -0.15) is 0 Å². The van der Waals surface area contributed by atoms with Crippen molar-refractivity contribution < 1.29 is 0 Å². The van der Waals surface area contributed by atoms with Crippen LogP contribution in [0.4, 0.5) is 0 Å². The first-order valence-corrected chi connectivity index (χ1v) is 7.33. The summed E-state index contributed by atoms with van der Waals surface area (Å²) in [6, 6.07) is 9.23. The molecule has 1 aromatic heterocycles. The normalized spacial score (nSPS) is 12.6. The monoisotopic (exact) mass is 260 g/mol. The highest BCUT2D eigenvalue weighted by atomic mass is 32.1. The van der Waals surface area contributed by atoms with Gasteiger partial charge >= 0.3 is 0 Å². The van der Waals surface area contributed by atoms with Crippen molar-refractivity contribution >= 4 is 11.3 Å². The number of hydrogen-bond donors (Lipinski definition) is 1. The lowest BCUT2D eigenvalue weighted by atomic mass is 10.0. The molecule has 1 N–H and O–H groups in total. The molecule has 96 valence electrons. The van der Waals surface area contributed by atoms with E-state index in [1.54, 1.807) is 11.3 Å². The van der Waals surface area contributed by atoms with Crippen LogP contribution < -0.4 is 5.32 Å². The average molecular weight is 260 g/mol. The van der Waals surface area contributed by atoms with Crippen molar-refractivity contribution in [3.05, 3.63) is 52.0 Å². The minimum Gasteiger partial charge on any atom is -0.314 e. The summed E-state index contributed by atoms with van der Waals surface area (Å²) in [7, 11) is 0. The molecule has 0 bridgehead atoms. The first kappa shape index (κ1) is 13.2. The van der Waals surface area contributed by atoms with E-state index in [1.165, 1.54) is 16.1 Å².